The van der Waals surface area contributed by atoms with Gasteiger partial charge >= 0.3 is 0 Å². The summed E-state index contributed by atoms with van der Waals surface area (Å²) in [5, 5.41) is 22.6. The molecule has 2 heterocycles. The Kier molecular flexibility index (Phi) is 5.88. The van der Waals surface area contributed by atoms with Crippen molar-refractivity contribution in [3.63, 3.8) is 0 Å². The number of benzene rings is 2. The molecule has 8 heteroatoms. The van der Waals surface area contributed by atoms with E-state index in [4.69, 9.17) is 0 Å². The highest BCUT2D eigenvalue weighted by Crippen LogP contribution is 2.27. The van der Waals surface area contributed by atoms with Crippen LogP contribution >= 0.6 is 0 Å². The van der Waals surface area contributed by atoms with Crippen molar-refractivity contribution >= 4 is 23.1 Å². The molecule has 4 rings (SSSR count). The number of nitrogens with one attached hydrogen (secondary N) is 1. The summed E-state index contributed by atoms with van der Waals surface area (Å²) < 4.78 is 0. The van der Waals surface area contributed by atoms with Gasteiger partial charge in [0.1, 0.15) is 5.69 Å². The van der Waals surface area contributed by atoms with Crippen molar-refractivity contribution < 1.29 is 9.72 Å². The zero-order chi connectivity index (χ0) is 21.8. The van der Waals surface area contributed by atoms with E-state index in [2.05, 4.69) is 20.4 Å². The molecule has 8 nitrogen and oxygen atoms in total. The fraction of sp³-hybridized carbons (Fsp3) is 0.261. The summed E-state index contributed by atoms with van der Waals surface area (Å²) in [7, 11) is 0. The Morgan fingerprint density at radius 2 is 1.74 bits per heavy atom. The van der Waals surface area contributed by atoms with E-state index in [1.165, 1.54) is 6.07 Å². The van der Waals surface area contributed by atoms with Crippen molar-refractivity contribution in [1.82, 2.24) is 10.2 Å². The number of para-hydroxylation sites is 2. The van der Waals surface area contributed by atoms with Gasteiger partial charge < -0.3 is 10.2 Å². The van der Waals surface area contributed by atoms with Gasteiger partial charge in [-0.1, -0.05) is 36.4 Å². The summed E-state index contributed by atoms with van der Waals surface area (Å²) in [6.45, 7) is 3.39. The topological polar surface area (TPSA) is 101 Å². The van der Waals surface area contributed by atoms with Crippen molar-refractivity contribution in [3.8, 4) is 11.3 Å². The molecule has 3 aromatic rings. The second-order valence-corrected chi connectivity index (χ2v) is 7.62. The number of nitrogens with zero attached hydrogens (tertiary/aromatic N) is 4. The van der Waals surface area contributed by atoms with E-state index in [9.17, 15) is 14.9 Å². The maximum atomic E-state index is 12.6. The van der Waals surface area contributed by atoms with E-state index in [0.717, 1.165) is 22.6 Å². The standard InChI is InChI=1S/C23H23N5O3/c1-16-6-2-3-7-18(16)19-10-11-22(26-25-19)27-14-12-17(13-15-27)23(29)24-20-8-4-5-9-21(20)28(30)31/h2-11,17H,12-15H2,1H3,(H,24,29). The maximum absolute atomic E-state index is 12.6. The van der Waals surface area contributed by atoms with Crippen LogP contribution in [0.25, 0.3) is 11.3 Å². The van der Waals surface area contributed by atoms with Crippen LogP contribution in [-0.2, 0) is 4.79 Å². The lowest BCUT2D eigenvalue weighted by molar-refractivity contribution is -0.383. The monoisotopic (exact) mass is 417 g/mol. The number of amides is 1. The first-order valence-electron chi connectivity index (χ1n) is 10.2. The van der Waals surface area contributed by atoms with Crippen molar-refractivity contribution in [2.45, 2.75) is 19.8 Å². The number of hydrogen-bond acceptors (Lipinski definition) is 6. The minimum Gasteiger partial charge on any atom is -0.355 e. The largest absolute Gasteiger partial charge is 0.355 e. The van der Waals surface area contributed by atoms with E-state index < -0.39 is 4.92 Å². The lowest BCUT2D eigenvalue weighted by Crippen LogP contribution is -2.38. The number of carbonyl (C=O) groups is 1. The van der Waals surface area contributed by atoms with Crippen LogP contribution in [0.3, 0.4) is 0 Å². The van der Waals surface area contributed by atoms with Gasteiger partial charge in [0.05, 0.1) is 10.6 Å². The Morgan fingerprint density at radius 1 is 1.03 bits per heavy atom. The molecular formula is C23H23N5O3. The summed E-state index contributed by atoms with van der Waals surface area (Å²) in [6, 6.07) is 18.2. The van der Waals surface area contributed by atoms with Gasteiger partial charge in [0.25, 0.3) is 5.69 Å². The van der Waals surface area contributed by atoms with Gasteiger partial charge in [0.15, 0.2) is 5.82 Å². The predicted molar refractivity (Wildman–Crippen MR) is 119 cm³/mol. The van der Waals surface area contributed by atoms with Crippen LogP contribution in [0.15, 0.2) is 60.7 Å². The van der Waals surface area contributed by atoms with Crippen LogP contribution in [0.2, 0.25) is 0 Å². The number of nitro groups is 1. The van der Waals surface area contributed by atoms with Crippen LogP contribution in [-0.4, -0.2) is 34.1 Å². The third-order valence-electron chi connectivity index (χ3n) is 5.62. The molecule has 0 bridgehead atoms. The molecule has 0 unspecified atom stereocenters. The summed E-state index contributed by atoms with van der Waals surface area (Å²) in [4.78, 5) is 25.4. The number of aryl methyl sites for hydroxylation is 1. The number of carbonyl (C=O) groups excluding carboxylic acids is 1. The van der Waals surface area contributed by atoms with E-state index in [1.807, 2.05) is 43.3 Å². The summed E-state index contributed by atoms with van der Waals surface area (Å²) in [5.41, 5.74) is 3.18. The molecule has 31 heavy (non-hydrogen) atoms. The third kappa shape index (κ3) is 4.53. The second-order valence-electron chi connectivity index (χ2n) is 7.62. The van der Waals surface area contributed by atoms with E-state index >= 15 is 0 Å². The third-order valence-corrected chi connectivity index (χ3v) is 5.62. The molecule has 2 aromatic carbocycles. The zero-order valence-electron chi connectivity index (χ0n) is 17.2. The zero-order valence-corrected chi connectivity index (χ0v) is 17.2. The minimum absolute atomic E-state index is 0.0997. The summed E-state index contributed by atoms with van der Waals surface area (Å²) >= 11 is 0. The fourth-order valence-electron chi connectivity index (χ4n) is 3.84. The molecule has 1 fully saturated rings. The first-order valence-corrected chi connectivity index (χ1v) is 10.2. The first-order chi connectivity index (χ1) is 15.0. The molecule has 158 valence electrons. The van der Waals surface area contributed by atoms with Crippen LogP contribution < -0.4 is 10.2 Å². The molecule has 1 amide bonds. The highest BCUT2D eigenvalue weighted by molar-refractivity contribution is 5.94. The molecule has 1 aromatic heterocycles. The number of piperidine rings is 1. The van der Waals surface area contributed by atoms with Crippen molar-refractivity contribution in [1.29, 1.82) is 0 Å². The van der Waals surface area contributed by atoms with Gasteiger partial charge in [0, 0.05) is 30.6 Å². The van der Waals surface area contributed by atoms with Crippen molar-refractivity contribution in [3.05, 3.63) is 76.3 Å². The average Bonchev–Trinajstić information content (AvgIpc) is 2.80. The summed E-state index contributed by atoms with van der Waals surface area (Å²) in [6.07, 6.45) is 1.29. The maximum Gasteiger partial charge on any atom is 0.292 e. The molecule has 0 spiro atoms. The SMILES string of the molecule is Cc1ccccc1-c1ccc(N2CCC(C(=O)Nc3ccccc3[N+](=O)[O-])CC2)nn1. The number of aromatic nitrogens is 2. The average molecular weight is 417 g/mol. The van der Waals surface area contributed by atoms with Crippen molar-refractivity contribution in [2.24, 2.45) is 5.92 Å². The Balaban J connectivity index is 1.37. The molecule has 0 radical (unpaired) electrons. The highest BCUT2D eigenvalue weighted by atomic mass is 16.6. The molecular weight excluding hydrogens is 394 g/mol. The molecule has 1 aliphatic heterocycles. The molecule has 1 N–H and O–H groups in total. The Morgan fingerprint density at radius 3 is 2.42 bits per heavy atom. The normalized spacial score (nSPS) is 14.3. The van der Waals surface area contributed by atoms with Gasteiger partial charge in [-0.2, -0.15) is 0 Å². The van der Waals surface area contributed by atoms with E-state index in [-0.39, 0.29) is 23.2 Å². The molecule has 0 aliphatic carbocycles. The van der Waals surface area contributed by atoms with E-state index in [0.29, 0.717) is 25.9 Å². The quantitative estimate of drug-likeness (QED) is 0.493. The van der Waals surface area contributed by atoms with Crippen molar-refractivity contribution in [2.75, 3.05) is 23.3 Å². The summed E-state index contributed by atoms with van der Waals surface area (Å²) in [5.74, 6) is 0.403. The highest BCUT2D eigenvalue weighted by Gasteiger charge is 2.27. The molecule has 1 aliphatic rings. The van der Waals surface area contributed by atoms with Gasteiger partial charge in [-0.25, -0.2) is 0 Å². The number of rotatable bonds is 5. The number of hydrogen-bond donors (Lipinski definition) is 1. The second kappa shape index (κ2) is 8.91. The molecule has 1 saturated heterocycles. The van der Waals surface area contributed by atoms with Gasteiger partial charge in [-0.05, 0) is 43.5 Å². The van der Waals surface area contributed by atoms with Crippen LogP contribution in [0, 0.1) is 23.0 Å². The number of anilines is 2. The van der Waals surface area contributed by atoms with Gasteiger partial charge in [-0.15, -0.1) is 10.2 Å². The Hall–Kier alpha value is -3.81. The van der Waals surface area contributed by atoms with Gasteiger partial charge in [0.2, 0.25) is 5.91 Å². The Labute approximate surface area is 180 Å². The Bertz CT molecular complexity index is 1090. The van der Waals surface area contributed by atoms with Crippen LogP contribution in [0.1, 0.15) is 18.4 Å². The lowest BCUT2D eigenvalue weighted by atomic mass is 9.95. The van der Waals surface area contributed by atoms with E-state index in [1.54, 1.807) is 18.2 Å². The lowest BCUT2D eigenvalue weighted by Gasteiger charge is -2.31. The first kappa shape index (κ1) is 20.5. The fourth-order valence-corrected chi connectivity index (χ4v) is 3.84. The predicted octanol–water partition coefficient (Wildman–Crippen LogP) is 4.22. The van der Waals surface area contributed by atoms with Gasteiger partial charge in [-0.3, -0.25) is 14.9 Å². The minimum atomic E-state index is -0.489. The smallest absolute Gasteiger partial charge is 0.292 e. The van der Waals surface area contributed by atoms with Crippen LogP contribution in [0.5, 0.6) is 0 Å². The number of nitro benzene ring substituents is 1. The van der Waals surface area contributed by atoms with Crippen LogP contribution in [0.4, 0.5) is 17.2 Å². The molecule has 0 saturated carbocycles. The molecule has 0 atom stereocenters.